The maximum absolute atomic E-state index is 12.8. The highest BCUT2D eigenvalue weighted by atomic mass is 16.5. The summed E-state index contributed by atoms with van der Waals surface area (Å²) in [5.41, 5.74) is 1.87. The van der Waals surface area contributed by atoms with Crippen LogP contribution < -0.4 is 0 Å². The van der Waals surface area contributed by atoms with E-state index in [0.29, 0.717) is 13.1 Å². The molecule has 0 spiro atoms. The van der Waals surface area contributed by atoms with Crippen LogP contribution in [-0.2, 0) is 11.8 Å². The molecule has 20 heavy (non-hydrogen) atoms. The van der Waals surface area contributed by atoms with Gasteiger partial charge in [-0.2, -0.15) is 0 Å². The summed E-state index contributed by atoms with van der Waals surface area (Å²) in [5.74, 6) is 0.101. The number of aryl methyl sites for hydroxylation is 1. The van der Waals surface area contributed by atoms with Gasteiger partial charge in [0.15, 0.2) is 0 Å². The van der Waals surface area contributed by atoms with Gasteiger partial charge in [-0.15, -0.1) is 0 Å². The number of aromatic nitrogens is 1. The van der Waals surface area contributed by atoms with Crippen molar-refractivity contribution >= 4 is 16.8 Å². The fraction of sp³-hybridized carbons (Fsp3) is 0.438. The summed E-state index contributed by atoms with van der Waals surface area (Å²) in [7, 11) is 1.98. The molecule has 2 aromatic rings. The van der Waals surface area contributed by atoms with Crippen molar-refractivity contribution in [3.8, 4) is 0 Å². The molecular weight excluding hydrogens is 252 g/mol. The van der Waals surface area contributed by atoms with Crippen molar-refractivity contribution in [1.82, 2.24) is 9.47 Å². The molecule has 1 aromatic heterocycles. The first-order chi connectivity index (χ1) is 9.56. The second-order valence-electron chi connectivity index (χ2n) is 5.64. The van der Waals surface area contributed by atoms with Crippen LogP contribution in [-0.4, -0.2) is 40.7 Å². The Morgan fingerprint density at radius 1 is 1.20 bits per heavy atom. The van der Waals surface area contributed by atoms with E-state index in [-0.39, 0.29) is 18.1 Å². The third kappa shape index (κ3) is 2.20. The van der Waals surface area contributed by atoms with Crippen molar-refractivity contribution in [3.05, 3.63) is 36.0 Å². The third-order valence-electron chi connectivity index (χ3n) is 3.83. The summed E-state index contributed by atoms with van der Waals surface area (Å²) < 4.78 is 7.71. The molecule has 0 radical (unpaired) electrons. The molecule has 2 heterocycles. The lowest BCUT2D eigenvalue weighted by Gasteiger charge is -2.35. The number of para-hydroxylation sites is 1. The standard InChI is InChI=1S/C16H20N2O2/c1-11-8-18(9-12(2)20-11)16(19)14-10-17(3)15-7-5-4-6-13(14)15/h4-7,10-12H,8-9H2,1-3H3. The van der Waals surface area contributed by atoms with Gasteiger partial charge in [0.2, 0.25) is 0 Å². The minimum absolute atomic E-state index is 0.0951. The number of carbonyl (C=O) groups excluding carboxylic acids is 1. The third-order valence-corrected chi connectivity index (χ3v) is 3.83. The van der Waals surface area contributed by atoms with Crippen molar-refractivity contribution in [3.63, 3.8) is 0 Å². The van der Waals surface area contributed by atoms with Crippen LogP contribution in [0.25, 0.3) is 10.9 Å². The van der Waals surface area contributed by atoms with E-state index in [1.165, 1.54) is 0 Å². The fourth-order valence-electron chi connectivity index (χ4n) is 3.03. The molecule has 0 N–H and O–H groups in total. The van der Waals surface area contributed by atoms with Crippen molar-refractivity contribution in [1.29, 1.82) is 0 Å². The molecule has 0 saturated carbocycles. The molecule has 1 aliphatic heterocycles. The summed E-state index contributed by atoms with van der Waals surface area (Å²) in [5, 5.41) is 1.02. The lowest BCUT2D eigenvalue weighted by molar-refractivity contribution is -0.0585. The molecule has 3 rings (SSSR count). The molecule has 0 aliphatic carbocycles. The van der Waals surface area contributed by atoms with E-state index in [1.807, 2.05) is 60.8 Å². The van der Waals surface area contributed by atoms with E-state index in [4.69, 9.17) is 4.74 Å². The zero-order valence-electron chi connectivity index (χ0n) is 12.2. The van der Waals surface area contributed by atoms with Crippen molar-refractivity contribution in [2.45, 2.75) is 26.1 Å². The molecular formula is C16H20N2O2. The Morgan fingerprint density at radius 2 is 1.85 bits per heavy atom. The van der Waals surface area contributed by atoms with Gasteiger partial charge in [-0.3, -0.25) is 4.79 Å². The quantitative estimate of drug-likeness (QED) is 0.799. The topological polar surface area (TPSA) is 34.5 Å². The molecule has 2 atom stereocenters. The first-order valence-corrected chi connectivity index (χ1v) is 7.05. The number of nitrogens with zero attached hydrogens (tertiary/aromatic N) is 2. The Morgan fingerprint density at radius 3 is 2.55 bits per heavy atom. The predicted molar refractivity (Wildman–Crippen MR) is 78.8 cm³/mol. The van der Waals surface area contributed by atoms with Crippen LogP contribution in [0.3, 0.4) is 0 Å². The van der Waals surface area contributed by atoms with E-state index in [9.17, 15) is 4.79 Å². The van der Waals surface area contributed by atoms with E-state index in [2.05, 4.69) is 0 Å². The Hall–Kier alpha value is -1.81. The number of morpholine rings is 1. The van der Waals surface area contributed by atoms with Gasteiger partial charge in [0, 0.05) is 37.2 Å². The van der Waals surface area contributed by atoms with Gasteiger partial charge < -0.3 is 14.2 Å². The van der Waals surface area contributed by atoms with Crippen LogP contribution in [0.4, 0.5) is 0 Å². The highest BCUT2D eigenvalue weighted by molar-refractivity contribution is 6.07. The maximum atomic E-state index is 12.8. The molecule has 106 valence electrons. The molecule has 2 unspecified atom stereocenters. The minimum Gasteiger partial charge on any atom is -0.372 e. The molecule has 1 aromatic carbocycles. The number of benzene rings is 1. The van der Waals surface area contributed by atoms with Gasteiger partial charge in [-0.25, -0.2) is 0 Å². The molecule has 0 bridgehead atoms. The molecule has 4 nitrogen and oxygen atoms in total. The van der Waals surface area contributed by atoms with Crippen LogP contribution in [0.15, 0.2) is 30.5 Å². The largest absolute Gasteiger partial charge is 0.372 e. The summed E-state index contributed by atoms with van der Waals surface area (Å²) in [6.07, 6.45) is 2.12. The van der Waals surface area contributed by atoms with Crippen LogP contribution in [0.2, 0.25) is 0 Å². The SMILES string of the molecule is CC1CN(C(=O)c2cn(C)c3ccccc23)CC(C)O1. The lowest BCUT2D eigenvalue weighted by Crippen LogP contribution is -2.48. The molecule has 1 aliphatic rings. The number of amides is 1. The predicted octanol–water partition coefficient (Wildman–Crippen LogP) is 2.43. The second kappa shape index (κ2) is 4.94. The van der Waals surface area contributed by atoms with Crippen molar-refractivity contribution in [2.75, 3.05) is 13.1 Å². The average Bonchev–Trinajstić information content (AvgIpc) is 2.75. The summed E-state index contributed by atoms with van der Waals surface area (Å²) in [6.45, 7) is 5.34. The Bertz CT molecular complexity index is 637. The van der Waals surface area contributed by atoms with E-state index in [1.54, 1.807) is 0 Å². The lowest BCUT2D eigenvalue weighted by atomic mass is 10.1. The second-order valence-corrected chi connectivity index (χ2v) is 5.64. The Kier molecular flexibility index (Phi) is 3.26. The van der Waals surface area contributed by atoms with Gasteiger partial charge in [0.05, 0.1) is 17.8 Å². The molecule has 1 amide bonds. The fourth-order valence-corrected chi connectivity index (χ4v) is 3.03. The Balaban J connectivity index is 1.96. The number of carbonyl (C=O) groups is 1. The maximum Gasteiger partial charge on any atom is 0.256 e. The monoisotopic (exact) mass is 272 g/mol. The van der Waals surface area contributed by atoms with Crippen LogP contribution in [0.5, 0.6) is 0 Å². The van der Waals surface area contributed by atoms with Gasteiger partial charge in [-0.05, 0) is 19.9 Å². The van der Waals surface area contributed by atoms with Gasteiger partial charge >= 0.3 is 0 Å². The normalized spacial score (nSPS) is 23.2. The number of hydrogen-bond acceptors (Lipinski definition) is 2. The highest BCUT2D eigenvalue weighted by Gasteiger charge is 2.28. The number of fused-ring (bicyclic) bond motifs is 1. The molecule has 1 saturated heterocycles. The van der Waals surface area contributed by atoms with Crippen LogP contribution >= 0.6 is 0 Å². The number of rotatable bonds is 1. The van der Waals surface area contributed by atoms with E-state index < -0.39 is 0 Å². The smallest absolute Gasteiger partial charge is 0.256 e. The highest BCUT2D eigenvalue weighted by Crippen LogP contribution is 2.23. The molecule has 4 heteroatoms. The van der Waals surface area contributed by atoms with E-state index in [0.717, 1.165) is 16.5 Å². The summed E-state index contributed by atoms with van der Waals surface area (Å²) >= 11 is 0. The minimum atomic E-state index is 0.0951. The van der Waals surface area contributed by atoms with Crippen LogP contribution in [0, 0.1) is 0 Å². The first-order valence-electron chi connectivity index (χ1n) is 7.05. The average molecular weight is 272 g/mol. The number of hydrogen-bond donors (Lipinski definition) is 0. The van der Waals surface area contributed by atoms with Crippen LogP contribution in [0.1, 0.15) is 24.2 Å². The van der Waals surface area contributed by atoms with Gasteiger partial charge in [0.25, 0.3) is 5.91 Å². The zero-order chi connectivity index (χ0) is 14.3. The summed E-state index contributed by atoms with van der Waals surface area (Å²) in [4.78, 5) is 14.7. The zero-order valence-corrected chi connectivity index (χ0v) is 12.2. The molecule has 1 fully saturated rings. The van der Waals surface area contributed by atoms with Crippen molar-refractivity contribution in [2.24, 2.45) is 7.05 Å². The van der Waals surface area contributed by atoms with Crippen molar-refractivity contribution < 1.29 is 9.53 Å². The Labute approximate surface area is 118 Å². The summed E-state index contributed by atoms with van der Waals surface area (Å²) in [6, 6.07) is 8.02. The van der Waals surface area contributed by atoms with Gasteiger partial charge in [-0.1, -0.05) is 18.2 Å². The number of ether oxygens (including phenoxy) is 1. The van der Waals surface area contributed by atoms with Gasteiger partial charge in [0.1, 0.15) is 0 Å². The van der Waals surface area contributed by atoms with E-state index >= 15 is 0 Å². The first kappa shape index (κ1) is 13.2.